The lowest BCUT2D eigenvalue weighted by Gasteiger charge is -2.31. The van der Waals surface area contributed by atoms with Crippen molar-refractivity contribution in [2.24, 2.45) is 0 Å². The summed E-state index contributed by atoms with van der Waals surface area (Å²) in [6.07, 6.45) is -2.57. The van der Waals surface area contributed by atoms with Gasteiger partial charge in [-0.05, 0) is 34.7 Å². The Kier molecular flexibility index (Phi) is 7.86. The number of aliphatic carboxylic acids is 1. The van der Waals surface area contributed by atoms with E-state index in [4.69, 9.17) is 13.8 Å². The predicted octanol–water partition coefficient (Wildman–Crippen LogP) is 2.73. The van der Waals surface area contributed by atoms with E-state index >= 15 is 0 Å². The van der Waals surface area contributed by atoms with Gasteiger partial charge in [-0.25, -0.2) is 4.79 Å². The Labute approximate surface area is 208 Å². The number of benzene rings is 3. The van der Waals surface area contributed by atoms with E-state index in [1.54, 1.807) is 30.3 Å². The third-order valence-corrected chi connectivity index (χ3v) is 6.90. The average Bonchev–Trinajstić information content (AvgIpc) is 3.18. The van der Waals surface area contributed by atoms with Gasteiger partial charge in [0.1, 0.15) is 6.61 Å². The van der Waals surface area contributed by atoms with Crippen LogP contribution in [0.3, 0.4) is 0 Å². The molecule has 3 aromatic carbocycles. The first-order chi connectivity index (χ1) is 17.2. The minimum Gasteiger partial charge on any atom is -0.756 e. The van der Waals surface area contributed by atoms with E-state index in [9.17, 15) is 24.2 Å². The van der Waals surface area contributed by atoms with Crippen molar-refractivity contribution in [1.29, 1.82) is 0 Å². The molecule has 0 aromatic heterocycles. The average molecular weight is 509 g/mol. The number of ether oxygens (including phenoxy) is 1. The number of nitrogens with one attached hydrogen (secondary N) is 1. The van der Waals surface area contributed by atoms with Crippen molar-refractivity contribution in [2.75, 3.05) is 6.61 Å². The third kappa shape index (κ3) is 6.01. The number of phosphoric ester groups is 1. The van der Waals surface area contributed by atoms with Gasteiger partial charge in [-0.3, -0.25) is 4.57 Å². The van der Waals surface area contributed by atoms with Gasteiger partial charge >= 0.3 is 6.09 Å². The van der Waals surface area contributed by atoms with Crippen LogP contribution in [0.15, 0.2) is 78.9 Å². The molecule has 3 atom stereocenters. The van der Waals surface area contributed by atoms with Crippen molar-refractivity contribution >= 4 is 19.9 Å². The van der Waals surface area contributed by atoms with Crippen LogP contribution >= 0.6 is 7.82 Å². The van der Waals surface area contributed by atoms with Crippen molar-refractivity contribution in [3.8, 4) is 11.1 Å². The van der Waals surface area contributed by atoms with Gasteiger partial charge in [0.15, 0.2) is 0 Å². The highest BCUT2D eigenvalue weighted by Crippen LogP contribution is 2.44. The zero-order valence-electron chi connectivity index (χ0n) is 19.4. The lowest BCUT2D eigenvalue weighted by atomic mass is 9.98. The molecular formula is C26H24NO8P-2. The SMILES string of the molecule is C[C@H](OP(=O)([O-])OCc1ccccc1)[C@@H](NC(=O)OCC1c2ccccc2-c2ccccc21)C(=O)[O-]. The number of carbonyl (C=O) groups is 2. The number of hydrogen-bond donors (Lipinski definition) is 1. The molecule has 0 fully saturated rings. The van der Waals surface area contributed by atoms with Gasteiger partial charge in [0, 0.05) is 5.92 Å². The molecule has 3 aromatic rings. The van der Waals surface area contributed by atoms with Crippen LogP contribution in [0.25, 0.3) is 11.1 Å². The maximum atomic E-state index is 12.5. The van der Waals surface area contributed by atoms with E-state index in [0.29, 0.717) is 5.56 Å². The molecule has 188 valence electrons. The standard InChI is InChI=1S/C26H26NO8P/c1-17(35-36(31,32)34-15-18-9-3-2-4-10-18)24(25(28)29)27-26(30)33-16-23-21-13-7-5-11-19(21)20-12-6-8-14-22(20)23/h2-14,17,23-24H,15-16H2,1H3,(H,27,30)(H,28,29)(H,31,32)/p-2/t17-,24+/m0/s1. The molecule has 1 aliphatic rings. The molecule has 4 rings (SSSR count). The third-order valence-electron chi connectivity index (χ3n) is 5.87. The van der Waals surface area contributed by atoms with E-state index in [1.165, 1.54) is 6.92 Å². The number of carboxylic acid groups (broad SMARTS) is 1. The lowest BCUT2D eigenvalue weighted by molar-refractivity contribution is -0.310. The number of amides is 1. The largest absolute Gasteiger partial charge is 0.756 e. The molecule has 1 N–H and O–H groups in total. The molecule has 36 heavy (non-hydrogen) atoms. The quantitative estimate of drug-likeness (QED) is 0.412. The molecule has 1 aliphatic carbocycles. The van der Waals surface area contributed by atoms with Crippen molar-refractivity contribution in [2.45, 2.75) is 31.6 Å². The maximum absolute atomic E-state index is 12.5. The molecule has 1 unspecified atom stereocenters. The van der Waals surface area contributed by atoms with E-state index in [-0.39, 0.29) is 19.1 Å². The molecule has 0 heterocycles. The topological polar surface area (TPSA) is 137 Å². The Morgan fingerprint density at radius 2 is 1.50 bits per heavy atom. The second kappa shape index (κ2) is 11.1. The molecule has 0 saturated carbocycles. The van der Waals surface area contributed by atoms with Gasteiger partial charge in [0.05, 0.1) is 24.7 Å². The second-order valence-corrected chi connectivity index (χ2v) is 9.65. The van der Waals surface area contributed by atoms with E-state index in [2.05, 4.69) is 5.32 Å². The minimum absolute atomic E-state index is 0.0465. The van der Waals surface area contributed by atoms with Gasteiger partial charge < -0.3 is 33.9 Å². The Morgan fingerprint density at radius 1 is 0.944 bits per heavy atom. The molecule has 0 saturated heterocycles. The summed E-state index contributed by atoms with van der Waals surface area (Å²) < 4.78 is 27.2. The summed E-state index contributed by atoms with van der Waals surface area (Å²) in [5.41, 5.74) is 4.64. The van der Waals surface area contributed by atoms with Gasteiger partial charge in [0.25, 0.3) is 7.82 Å². The molecule has 1 amide bonds. The molecule has 10 heteroatoms. The fraction of sp³-hybridized carbons (Fsp3) is 0.231. The molecule has 0 radical (unpaired) electrons. The monoisotopic (exact) mass is 509 g/mol. The van der Waals surface area contributed by atoms with Gasteiger partial charge in [0.2, 0.25) is 0 Å². The minimum atomic E-state index is -4.89. The maximum Gasteiger partial charge on any atom is 0.407 e. The Balaban J connectivity index is 1.35. The van der Waals surface area contributed by atoms with Gasteiger partial charge in [-0.2, -0.15) is 0 Å². The summed E-state index contributed by atoms with van der Waals surface area (Å²) in [6, 6.07) is 22.2. The summed E-state index contributed by atoms with van der Waals surface area (Å²) in [6.45, 7) is 0.833. The normalized spacial score (nSPS) is 15.7. The lowest BCUT2D eigenvalue weighted by Crippen LogP contribution is -2.54. The Morgan fingerprint density at radius 3 is 2.08 bits per heavy atom. The van der Waals surface area contributed by atoms with Crippen LogP contribution in [0.2, 0.25) is 0 Å². The van der Waals surface area contributed by atoms with Gasteiger partial charge in [-0.15, -0.1) is 0 Å². The zero-order chi connectivity index (χ0) is 25.7. The van der Waals surface area contributed by atoms with Crippen molar-refractivity contribution in [3.05, 3.63) is 95.6 Å². The Bertz CT molecular complexity index is 1240. The second-order valence-electron chi connectivity index (χ2n) is 8.28. The molecule has 9 nitrogen and oxygen atoms in total. The summed E-state index contributed by atoms with van der Waals surface area (Å²) >= 11 is 0. The fourth-order valence-corrected chi connectivity index (χ4v) is 5.05. The van der Waals surface area contributed by atoms with Crippen molar-refractivity contribution in [1.82, 2.24) is 5.32 Å². The number of hydrogen-bond acceptors (Lipinski definition) is 8. The van der Waals surface area contributed by atoms with Crippen LogP contribution in [0.5, 0.6) is 0 Å². The summed E-state index contributed by atoms with van der Waals surface area (Å²) in [7, 11) is -4.89. The van der Waals surface area contributed by atoms with Crippen LogP contribution < -0.4 is 15.3 Å². The predicted molar refractivity (Wildman–Crippen MR) is 126 cm³/mol. The number of rotatable bonds is 10. The first-order valence-corrected chi connectivity index (χ1v) is 12.7. The smallest absolute Gasteiger partial charge is 0.407 e. The summed E-state index contributed by atoms with van der Waals surface area (Å²) in [5, 5.41) is 13.8. The first kappa shape index (κ1) is 25.6. The summed E-state index contributed by atoms with van der Waals surface area (Å²) in [5.74, 6) is -1.97. The fourth-order valence-electron chi connectivity index (χ4n) is 4.16. The summed E-state index contributed by atoms with van der Waals surface area (Å²) in [4.78, 5) is 36.3. The van der Waals surface area contributed by atoms with Crippen LogP contribution in [0.4, 0.5) is 4.79 Å². The number of carboxylic acids is 1. The number of alkyl carbamates (subject to hydrolysis) is 1. The molecule has 0 aliphatic heterocycles. The highest BCUT2D eigenvalue weighted by Gasteiger charge is 2.30. The van der Waals surface area contributed by atoms with Crippen LogP contribution in [-0.2, 0) is 29.8 Å². The van der Waals surface area contributed by atoms with Crippen LogP contribution in [0.1, 0.15) is 29.5 Å². The number of carbonyl (C=O) groups excluding carboxylic acids is 2. The van der Waals surface area contributed by atoms with Crippen molar-refractivity contribution < 1.29 is 37.9 Å². The molecule has 0 bridgehead atoms. The Hall–Kier alpha value is -3.49. The van der Waals surface area contributed by atoms with Crippen LogP contribution in [-0.4, -0.2) is 30.8 Å². The first-order valence-electron chi connectivity index (χ1n) is 11.3. The van der Waals surface area contributed by atoms with E-state index in [1.807, 2.05) is 48.5 Å². The van der Waals surface area contributed by atoms with Crippen molar-refractivity contribution in [3.63, 3.8) is 0 Å². The highest BCUT2D eigenvalue weighted by atomic mass is 31.2. The van der Waals surface area contributed by atoms with Gasteiger partial charge in [-0.1, -0.05) is 78.9 Å². The number of fused-ring (bicyclic) bond motifs is 3. The highest BCUT2D eigenvalue weighted by molar-refractivity contribution is 7.45. The van der Waals surface area contributed by atoms with Crippen LogP contribution in [0, 0.1) is 0 Å². The number of phosphoric acid groups is 1. The molecule has 0 spiro atoms. The van der Waals surface area contributed by atoms with E-state index < -0.39 is 32.0 Å². The van der Waals surface area contributed by atoms with E-state index in [0.717, 1.165) is 22.3 Å². The zero-order valence-corrected chi connectivity index (χ0v) is 20.3. The molecular weight excluding hydrogens is 485 g/mol.